The Labute approximate surface area is 198 Å². The predicted octanol–water partition coefficient (Wildman–Crippen LogP) is 6.12. The molecular weight excluding hydrogens is 420 g/mol. The van der Waals surface area contributed by atoms with Crippen LogP contribution in [0.1, 0.15) is 31.4 Å². The molecular formula is C29H26N4O. The second-order valence-electron chi connectivity index (χ2n) is 8.77. The summed E-state index contributed by atoms with van der Waals surface area (Å²) in [6.45, 7) is 0.439. The number of para-hydroxylation sites is 3. The van der Waals surface area contributed by atoms with E-state index in [0.717, 1.165) is 58.6 Å². The number of rotatable bonds is 5. The predicted molar refractivity (Wildman–Crippen MR) is 137 cm³/mol. The van der Waals surface area contributed by atoms with Crippen molar-refractivity contribution in [1.29, 1.82) is 0 Å². The number of hydrogen-bond acceptors (Lipinski definition) is 2. The molecule has 1 aliphatic rings. The van der Waals surface area contributed by atoms with Crippen molar-refractivity contribution in [2.24, 2.45) is 0 Å². The third-order valence-corrected chi connectivity index (χ3v) is 6.56. The van der Waals surface area contributed by atoms with Crippen LogP contribution in [0.5, 0.6) is 0 Å². The average molecular weight is 447 g/mol. The van der Waals surface area contributed by atoms with Gasteiger partial charge in [0.05, 0.1) is 34.7 Å². The molecule has 0 radical (unpaired) electrons. The molecule has 0 aliphatic heterocycles. The maximum absolute atomic E-state index is 13.8. The van der Waals surface area contributed by atoms with Crippen molar-refractivity contribution in [3.8, 4) is 16.9 Å². The minimum absolute atomic E-state index is 0.0106. The molecule has 0 amide bonds. The highest BCUT2D eigenvalue weighted by Crippen LogP contribution is 2.26. The summed E-state index contributed by atoms with van der Waals surface area (Å²) in [7, 11) is 0. The van der Waals surface area contributed by atoms with E-state index in [1.54, 1.807) is 0 Å². The van der Waals surface area contributed by atoms with Crippen molar-refractivity contribution >= 4 is 16.7 Å². The fraction of sp³-hybridized carbons (Fsp3) is 0.172. The number of nitrogens with zero attached hydrogens (tertiary/aromatic N) is 4. The van der Waals surface area contributed by atoms with Gasteiger partial charge >= 0.3 is 5.69 Å². The summed E-state index contributed by atoms with van der Waals surface area (Å²) in [5, 5.41) is 4.94. The van der Waals surface area contributed by atoms with Gasteiger partial charge in [0.25, 0.3) is 0 Å². The van der Waals surface area contributed by atoms with E-state index in [9.17, 15) is 4.79 Å². The van der Waals surface area contributed by atoms with Crippen LogP contribution in [0.25, 0.3) is 33.7 Å². The molecule has 3 aromatic carbocycles. The Kier molecular flexibility index (Phi) is 5.22. The molecule has 168 valence electrons. The molecule has 0 unspecified atom stereocenters. The number of benzene rings is 3. The second-order valence-corrected chi connectivity index (χ2v) is 8.77. The third-order valence-electron chi connectivity index (χ3n) is 6.56. The molecule has 5 heteroatoms. The molecule has 0 atom stereocenters. The van der Waals surface area contributed by atoms with Crippen molar-refractivity contribution in [2.75, 3.05) is 0 Å². The lowest BCUT2D eigenvalue weighted by molar-refractivity contribution is 0.685. The molecule has 0 spiro atoms. The van der Waals surface area contributed by atoms with Crippen LogP contribution in [-0.2, 0) is 6.54 Å². The average Bonchev–Trinajstić information content (AvgIpc) is 3.45. The number of imidazole rings is 1. The molecule has 34 heavy (non-hydrogen) atoms. The van der Waals surface area contributed by atoms with Gasteiger partial charge in [-0.1, -0.05) is 66.7 Å². The summed E-state index contributed by atoms with van der Waals surface area (Å²) in [5.74, 6) is 0. The highest BCUT2D eigenvalue weighted by molar-refractivity contribution is 5.80. The molecule has 5 nitrogen and oxygen atoms in total. The van der Waals surface area contributed by atoms with Crippen LogP contribution in [0.2, 0.25) is 0 Å². The minimum atomic E-state index is 0.0106. The van der Waals surface area contributed by atoms with E-state index in [0.29, 0.717) is 6.54 Å². The lowest BCUT2D eigenvalue weighted by Crippen LogP contribution is -2.25. The SMILES string of the molecule is O=c1n(Cc2cc(-c3ccccc3)nn2-c2ccccc2)c2ccccc2n1C1=CCCCC1. The van der Waals surface area contributed by atoms with E-state index < -0.39 is 0 Å². The van der Waals surface area contributed by atoms with E-state index in [1.165, 1.54) is 6.42 Å². The van der Waals surface area contributed by atoms with E-state index >= 15 is 0 Å². The number of hydrogen-bond donors (Lipinski definition) is 0. The van der Waals surface area contributed by atoms with Gasteiger partial charge in [-0.05, 0) is 56.0 Å². The van der Waals surface area contributed by atoms with Gasteiger partial charge in [-0.15, -0.1) is 0 Å². The zero-order valence-electron chi connectivity index (χ0n) is 19.0. The van der Waals surface area contributed by atoms with E-state index in [2.05, 4.69) is 24.3 Å². The first-order valence-electron chi connectivity index (χ1n) is 11.9. The summed E-state index contributed by atoms with van der Waals surface area (Å²) >= 11 is 0. The lowest BCUT2D eigenvalue weighted by atomic mass is 10.0. The molecule has 0 saturated heterocycles. The first kappa shape index (κ1) is 20.5. The Morgan fingerprint density at radius 1 is 0.794 bits per heavy atom. The highest BCUT2D eigenvalue weighted by Gasteiger charge is 2.19. The van der Waals surface area contributed by atoms with Gasteiger partial charge in [0.1, 0.15) is 0 Å². The molecule has 2 heterocycles. The Morgan fingerprint density at radius 2 is 1.50 bits per heavy atom. The Hall–Kier alpha value is -4.12. The van der Waals surface area contributed by atoms with E-state index in [1.807, 2.05) is 86.6 Å². The summed E-state index contributed by atoms with van der Waals surface area (Å²) in [5.41, 5.74) is 6.94. The van der Waals surface area contributed by atoms with Crippen molar-refractivity contribution < 1.29 is 0 Å². The zero-order valence-corrected chi connectivity index (χ0v) is 19.0. The van der Waals surface area contributed by atoms with E-state index in [4.69, 9.17) is 5.10 Å². The monoisotopic (exact) mass is 446 g/mol. The van der Waals surface area contributed by atoms with Crippen molar-refractivity contribution in [2.45, 2.75) is 32.2 Å². The zero-order chi connectivity index (χ0) is 22.9. The molecule has 0 saturated carbocycles. The summed E-state index contributed by atoms with van der Waals surface area (Å²) < 4.78 is 5.76. The van der Waals surface area contributed by atoms with Crippen LogP contribution in [0, 0.1) is 0 Å². The molecule has 5 aromatic rings. The third kappa shape index (κ3) is 3.59. The first-order chi connectivity index (χ1) is 16.8. The van der Waals surface area contributed by atoms with Crippen LogP contribution < -0.4 is 5.69 Å². The fourth-order valence-electron chi connectivity index (χ4n) is 4.90. The first-order valence-corrected chi connectivity index (χ1v) is 11.9. The standard InChI is InChI=1S/C29H26N4O/c34-29-31(27-18-10-11-19-28(27)32(29)23-14-6-2-7-15-23)21-25-20-26(22-12-4-1-5-13-22)30-33(25)24-16-8-3-9-17-24/h1,3-5,8-14,16-20H,2,6-7,15,21H2. The quantitative estimate of drug-likeness (QED) is 0.326. The Bertz CT molecular complexity index is 1540. The summed E-state index contributed by atoms with van der Waals surface area (Å²) in [6, 6.07) is 30.5. The maximum Gasteiger partial charge on any atom is 0.333 e. The molecule has 0 N–H and O–H groups in total. The number of aromatic nitrogens is 4. The smallest absolute Gasteiger partial charge is 0.286 e. The van der Waals surface area contributed by atoms with Gasteiger partial charge in [-0.25, -0.2) is 9.48 Å². The van der Waals surface area contributed by atoms with Crippen LogP contribution in [-0.4, -0.2) is 18.9 Å². The molecule has 2 aromatic heterocycles. The second kappa shape index (κ2) is 8.67. The highest BCUT2D eigenvalue weighted by atomic mass is 16.1. The normalized spacial score (nSPS) is 13.8. The van der Waals surface area contributed by atoms with Gasteiger partial charge in [0, 0.05) is 11.3 Å². The lowest BCUT2D eigenvalue weighted by Gasteiger charge is -2.13. The van der Waals surface area contributed by atoms with Crippen LogP contribution in [0.3, 0.4) is 0 Å². The van der Waals surface area contributed by atoms with Crippen molar-refractivity contribution in [3.05, 3.63) is 113 Å². The van der Waals surface area contributed by atoms with Gasteiger partial charge in [0.15, 0.2) is 0 Å². The molecule has 0 fully saturated rings. The van der Waals surface area contributed by atoms with Gasteiger partial charge in [-0.3, -0.25) is 9.13 Å². The van der Waals surface area contributed by atoms with Crippen molar-refractivity contribution in [1.82, 2.24) is 18.9 Å². The topological polar surface area (TPSA) is 44.8 Å². The summed E-state index contributed by atoms with van der Waals surface area (Å²) in [6.07, 6.45) is 6.51. The van der Waals surface area contributed by atoms with Gasteiger partial charge in [0.2, 0.25) is 0 Å². The van der Waals surface area contributed by atoms with E-state index in [-0.39, 0.29) is 5.69 Å². The van der Waals surface area contributed by atoms with Crippen molar-refractivity contribution in [3.63, 3.8) is 0 Å². The fourth-order valence-corrected chi connectivity index (χ4v) is 4.90. The maximum atomic E-state index is 13.8. The largest absolute Gasteiger partial charge is 0.333 e. The molecule has 6 rings (SSSR count). The number of allylic oxidation sites excluding steroid dienone is 2. The minimum Gasteiger partial charge on any atom is -0.286 e. The Morgan fingerprint density at radius 3 is 2.24 bits per heavy atom. The van der Waals surface area contributed by atoms with Gasteiger partial charge < -0.3 is 0 Å². The van der Waals surface area contributed by atoms with Crippen LogP contribution in [0.15, 0.2) is 102 Å². The van der Waals surface area contributed by atoms with Crippen LogP contribution >= 0.6 is 0 Å². The van der Waals surface area contributed by atoms with Gasteiger partial charge in [-0.2, -0.15) is 5.10 Å². The molecule has 1 aliphatic carbocycles. The molecule has 0 bridgehead atoms. The summed E-state index contributed by atoms with van der Waals surface area (Å²) in [4.78, 5) is 13.8. The Balaban J connectivity index is 1.51. The number of fused-ring (bicyclic) bond motifs is 1. The van der Waals surface area contributed by atoms with Crippen LogP contribution in [0.4, 0.5) is 0 Å².